The number of aliphatic hydroxyl groups excluding tert-OH is 1. The van der Waals surface area contributed by atoms with E-state index in [1.165, 1.54) is 23.1 Å². The normalized spacial score (nSPS) is 25.2. The van der Waals surface area contributed by atoms with Crippen LogP contribution < -0.4 is 10.2 Å². The molecule has 2 aliphatic rings. The average molecular weight is 493 g/mol. The molecule has 1 saturated carbocycles. The first kappa shape index (κ1) is 22.9. The van der Waals surface area contributed by atoms with Crippen molar-refractivity contribution in [3.05, 3.63) is 36.0 Å². The molecule has 1 aliphatic heterocycles. The van der Waals surface area contributed by atoms with Gasteiger partial charge in [0.05, 0.1) is 28.6 Å². The summed E-state index contributed by atoms with van der Waals surface area (Å²) in [7, 11) is -3.10. The van der Waals surface area contributed by atoms with Gasteiger partial charge >= 0.3 is 0 Å². The maximum Gasteiger partial charge on any atom is 0.263 e. The van der Waals surface area contributed by atoms with Crippen LogP contribution in [0.2, 0.25) is 0 Å². The number of aromatic nitrogens is 4. The summed E-state index contributed by atoms with van der Waals surface area (Å²) in [6.45, 7) is 2.96. The van der Waals surface area contributed by atoms with E-state index < -0.39 is 22.4 Å². The molecule has 3 aromatic rings. The first-order chi connectivity index (χ1) is 16.1. The van der Waals surface area contributed by atoms with Crippen molar-refractivity contribution in [3.8, 4) is 5.69 Å². The number of hydrogen-bond donors (Lipinski definition) is 2. The maximum atomic E-state index is 13.3. The molecule has 0 unspecified atom stereocenters. The molecule has 2 fully saturated rings. The molecule has 3 heterocycles. The van der Waals surface area contributed by atoms with Crippen LogP contribution >= 0.6 is 0 Å². The Morgan fingerprint density at radius 1 is 1.21 bits per heavy atom. The van der Waals surface area contributed by atoms with Gasteiger partial charge in [-0.3, -0.25) is 0 Å². The molecule has 12 heteroatoms. The summed E-state index contributed by atoms with van der Waals surface area (Å²) in [4.78, 5) is 11.3. The summed E-state index contributed by atoms with van der Waals surface area (Å²) in [5.41, 5.74) is 0.762. The van der Waals surface area contributed by atoms with E-state index in [4.69, 9.17) is 0 Å². The van der Waals surface area contributed by atoms with Crippen LogP contribution in [0.5, 0.6) is 0 Å². The lowest BCUT2D eigenvalue weighted by Crippen LogP contribution is -2.43. The summed E-state index contributed by atoms with van der Waals surface area (Å²) >= 11 is 0. The van der Waals surface area contributed by atoms with Gasteiger partial charge in [0.2, 0.25) is 5.95 Å². The van der Waals surface area contributed by atoms with Crippen molar-refractivity contribution in [2.75, 3.05) is 29.6 Å². The molecule has 34 heavy (non-hydrogen) atoms. The van der Waals surface area contributed by atoms with E-state index in [1.807, 2.05) is 11.8 Å². The maximum absolute atomic E-state index is 13.3. The predicted octanol–water partition coefficient (Wildman–Crippen LogP) is 2.56. The van der Waals surface area contributed by atoms with E-state index in [2.05, 4.69) is 20.4 Å². The van der Waals surface area contributed by atoms with E-state index in [9.17, 15) is 22.3 Å². The standard InChI is InChI=1S/C22H26F2N6O3S/c1-12-10-29(11-18(12)31)20-17-9-25-30(15-5-3-4-13(6-15)19(23)24)21(17)28-22(27-20)26-14-7-16(8-14)34(2,32)33/h3-6,9,12,14,16,18-19,31H,7-8,10-11H2,1-2H3,(H,26,27,28)/t12-,14-,16-,18-/m1/s1. The van der Waals surface area contributed by atoms with Crippen LogP contribution in [0.25, 0.3) is 16.7 Å². The first-order valence-corrected chi connectivity index (χ1v) is 13.1. The van der Waals surface area contributed by atoms with Crippen LogP contribution in [-0.4, -0.2) is 70.0 Å². The summed E-state index contributed by atoms with van der Waals surface area (Å²) in [6.07, 6.45) is 0.650. The minimum absolute atomic E-state index is 0.0568. The lowest BCUT2D eigenvalue weighted by molar-refractivity contribution is 0.151. The van der Waals surface area contributed by atoms with Gasteiger partial charge in [0.25, 0.3) is 6.43 Å². The van der Waals surface area contributed by atoms with Crippen molar-refractivity contribution in [2.45, 2.75) is 43.6 Å². The van der Waals surface area contributed by atoms with Crippen LogP contribution in [0.1, 0.15) is 31.8 Å². The van der Waals surface area contributed by atoms with Gasteiger partial charge < -0.3 is 15.3 Å². The number of benzene rings is 1. The number of fused-ring (bicyclic) bond motifs is 1. The van der Waals surface area contributed by atoms with Gasteiger partial charge in [0.15, 0.2) is 5.65 Å². The van der Waals surface area contributed by atoms with Crippen molar-refractivity contribution in [3.63, 3.8) is 0 Å². The Bertz CT molecular complexity index is 1320. The lowest BCUT2D eigenvalue weighted by atomic mass is 9.92. The number of β-amino-alcohol motifs (C(OH)–C–C–N with tert-alkyl or cyclic N) is 1. The smallest absolute Gasteiger partial charge is 0.263 e. The van der Waals surface area contributed by atoms with Crippen molar-refractivity contribution >= 4 is 32.6 Å². The van der Waals surface area contributed by atoms with Gasteiger partial charge in [-0.05, 0) is 25.0 Å². The summed E-state index contributed by atoms with van der Waals surface area (Å²) in [5, 5.41) is 18.2. The van der Waals surface area contributed by atoms with Crippen LogP contribution in [0.15, 0.2) is 30.5 Å². The zero-order chi connectivity index (χ0) is 24.2. The van der Waals surface area contributed by atoms with E-state index in [0.717, 1.165) is 0 Å². The fourth-order valence-corrected chi connectivity index (χ4v) is 5.68. The minimum Gasteiger partial charge on any atom is -0.391 e. The molecular formula is C22H26F2N6O3S. The highest BCUT2D eigenvalue weighted by atomic mass is 32.2. The molecular weight excluding hydrogens is 466 g/mol. The molecule has 5 rings (SSSR count). The van der Waals surface area contributed by atoms with Gasteiger partial charge in [0, 0.05) is 36.9 Å². The quantitative estimate of drug-likeness (QED) is 0.540. The summed E-state index contributed by atoms with van der Waals surface area (Å²) in [6, 6.07) is 5.86. The molecule has 0 radical (unpaired) electrons. The third-order valence-electron chi connectivity index (χ3n) is 6.68. The topological polar surface area (TPSA) is 113 Å². The predicted molar refractivity (Wildman–Crippen MR) is 124 cm³/mol. The Kier molecular flexibility index (Phi) is 5.67. The van der Waals surface area contributed by atoms with Gasteiger partial charge in [-0.25, -0.2) is 21.9 Å². The summed E-state index contributed by atoms with van der Waals surface area (Å²) < 4.78 is 51.6. The van der Waals surface area contributed by atoms with Crippen LogP contribution in [0.3, 0.4) is 0 Å². The molecule has 1 saturated heterocycles. The average Bonchev–Trinajstić information content (AvgIpc) is 3.32. The number of sulfone groups is 1. The first-order valence-electron chi connectivity index (χ1n) is 11.1. The number of alkyl halides is 2. The second-order valence-electron chi connectivity index (χ2n) is 9.27. The van der Waals surface area contributed by atoms with Gasteiger partial charge in [0.1, 0.15) is 15.7 Å². The Balaban J connectivity index is 1.55. The third-order valence-corrected chi connectivity index (χ3v) is 8.28. The van der Waals surface area contributed by atoms with Crippen molar-refractivity contribution in [2.24, 2.45) is 5.92 Å². The van der Waals surface area contributed by atoms with Gasteiger partial charge in [-0.1, -0.05) is 19.1 Å². The van der Waals surface area contributed by atoms with Crippen LogP contribution in [0.4, 0.5) is 20.5 Å². The Morgan fingerprint density at radius 3 is 2.62 bits per heavy atom. The van der Waals surface area contributed by atoms with Crippen LogP contribution in [0, 0.1) is 5.92 Å². The highest BCUT2D eigenvalue weighted by Gasteiger charge is 2.37. The molecule has 1 aliphatic carbocycles. The second kappa shape index (κ2) is 8.42. The zero-order valence-corrected chi connectivity index (χ0v) is 19.6. The fourth-order valence-electron chi connectivity index (χ4n) is 4.52. The lowest BCUT2D eigenvalue weighted by Gasteiger charge is -2.34. The third kappa shape index (κ3) is 4.20. The second-order valence-corrected chi connectivity index (χ2v) is 11.6. The van der Waals surface area contributed by atoms with Gasteiger partial charge in [-0.2, -0.15) is 15.1 Å². The molecule has 0 spiro atoms. The molecule has 9 nitrogen and oxygen atoms in total. The number of anilines is 2. The molecule has 182 valence electrons. The monoisotopic (exact) mass is 492 g/mol. The van der Waals surface area contributed by atoms with Crippen molar-refractivity contribution < 1.29 is 22.3 Å². The highest BCUT2D eigenvalue weighted by Crippen LogP contribution is 2.33. The minimum atomic E-state index is -3.10. The van der Waals surface area contributed by atoms with Gasteiger partial charge in [-0.15, -0.1) is 0 Å². The van der Waals surface area contributed by atoms with E-state index in [0.29, 0.717) is 54.4 Å². The molecule has 1 aromatic carbocycles. The van der Waals surface area contributed by atoms with Crippen molar-refractivity contribution in [1.82, 2.24) is 19.7 Å². The fraction of sp³-hybridized carbons (Fsp3) is 0.500. The highest BCUT2D eigenvalue weighted by molar-refractivity contribution is 7.91. The summed E-state index contributed by atoms with van der Waals surface area (Å²) in [5.74, 6) is 0.952. The SMILES string of the molecule is C[C@@H]1CN(c2nc(N[C@H]3C[C@H](S(C)(=O)=O)C3)nc3c2cnn3-c2cccc(C(F)F)c2)C[C@H]1O. The number of nitrogens with zero attached hydrogens (tertiary/aromatic N) is 5. The van der Waals surface area contributed by atoms with E-state index in [-0.39, 0.29) is 22.8 Å². The number of aliphatic hydroxyl groups is 1. The molecule has 0 bridgehead atoms. The number of rotatable bonds is 6. The van der Waals surface area contributed by atoms with E-state index >= 15 is 0 Å². The number of halogens is 2. The largest absolute Gasteiger partial charge is 0.391 e. The number of hydrogen-bond acceptors (Lipinski definition) is 8. The molecule has 0 amide bonds. The van der Waals surface area contributed by atoms with E-state index in [1.54, 1.807) is 18.3 Å². The van der Waals surface area contributed by atoms with Crippen LogP contribution in [-0.2, 0) is 9.84 Å². The molecule has 2 aromatic heterocycles. The Hall–Kier alpha value is -2.86. The Morgan fingerprint density at radius 2 is 1.97 bits per heavy atom. The molecule has 2 atom stereocenters. The molecule has 2 N–H and O–H groups in total. The van der Waals surface area contributed by atoms with Crippen molar-refractivity contribution in [1.29, 1.82) is 0 Å². The Labute approximate surface area is 195 Å². The zero-order valence-electron chi connectivity index (χ0n) is 18.8. The number of nitrogens with one attached hydrogen (secondary N) is 1.